The summed E-state index contributed by atoms with van der Waals surface area (Å²) >= 11 is 0. The smallest absolute Gasteiger partial charge is 0.338 e. The van der Waals surface area contributed by atoms with Crippen molar-refractivity contribution in [3.05, 3.63) is 29.8 Å². The average Bonchev–Trinajstić information content (AvgIpc) is 2.36. The van der Waals surface area contributed by atoms with Gasteiger partial charge >= 0.3 is 5.97 Å². The SMILES string of the molecule is CCCOC(=O)c1cccc(NCCN(C)C)c1. The number of benzene rings is 1. The Morgan fingerprint density at radius 1 is 1.39 bits per heavy atom. The number of nitrogens with one attached hydrogen (secondary N) is 1. The summed E-state index contributed by atoms with van der Waals surface area (Å²) < 4.78 is 5.10. The van der Waals surface area contributed by atoms with Crippen LogP contribution in [0.25, 0.3) is 0 Å². The van der Waals surface area contributed by atoms with Gasteiger partial charge in [-0.15, -0.1) is 0 Å². The first-order chi connectivity index (χ1) is 8.63. The van der Waals surface area contributed by atoms with Crippen LogP contribution < -0.4 is 5.32 Å². The van der Waals surface area contributed by atoms with Gasteiger partial charge in [-0.25, -0.2) is 4.79 Å². The van der Waals surface area contributed by atoms with E-state index in [1.807, 2.05) is 39.2 Å². The molecule has 1 N–H and O–H groups in total. The van der Waals surface area contributed by atoms with Gasteiger partial charge in [0.05, 0.1) is 12.2 Å². The lowest BCUT2D eigenvalue weighted by Gasteiger charge is -2.12. The number of likely N-dealkylation sites (N-methyl/N-ethyl adjacent to an activating group) is 1. The highest BCUT2D eigenvalue weighted by molar-refractivity contribution is 5.90. The minimum atomic E-state index is -0.256. The Balaban J connectivity index is 2.53. The summed E-state index contributed by atoms with van der Waals surface area (Å²) in [6.07, 6.45) is 0.840. The van der Waals surface area contributed by atoms with Gasteiger partial charge in [-0.05, 0) is 38.7 Å². The van der Waals surface area contributed by atoms with Gasteiger partial charge in [0.2, 0.25) is 0 Å². The van der Waals surface area contributed by atoms with Gasteiger partial charge in [0, 0.05) is 18.8 Å². The van der Waals surface area contributed by atoms with Crippen molar-refractivity contribution in [3.8, 4) is 0 Å². The average molecular weight is 250 g/mol. The van der Waals surface area contributed by atoms with Crippen LogP contribution in [0.15, 0.2) is 24.3 Å². The van der Waals surface area contributed by atoms with Crippen LogP contribution in [0.3, 0.4) is 0 Å². The zero-order chi connectivity index (χ0) is 13.4. The molecule has 1 rings (SSSR count). The summed E-state index contributed by atoms with van der Waals surface area (Å²) in [6, 6.07) is 7.41. The van der Waals surface area contributed by atoms with Crippen molar-refractivity contribution in [2.24, 2.45) is 0 Å². The fourth-order valence-electron chi connectivity index (χ4n) is 1.46. The van der Waals surface area contributed by atoms with Crippen LogP contribution >= 0.6 is 0 Å². The van der Waals surface area contributed by atoms with Crippen LogP contribution in [-0.4, -0.2) is 44.7 Å². The van der Waals surface area contributed by atoms with Crippen LogP contribution in [0.5, 0.6) is 0 Å². The summed E-state index contributed by atoms with van der Waals surface area (Å²) in [5.41, 5.74) is 1.54. The Morgan fingerprint density at radius 2 is 2.17 bits per heavy atom. The molecule has 0 radical (unpaired) electrons. The summed E-state index contributed by atoms with van der Waals surface area (Å²) in [7, 11) is 4.06. The van der Waals surface area contributed by atoms with Crippen molar-refractivity contribution in [2.75, 3.05) is 39.1 Å². The van der Waals surface area contributed by atoms with Crippen LogP contribution in [0, 0.1) is 0 Å². The second kappa shape index (κ2) is 7.71. The maximum atomic E-state index is 11.7. The van der Waals surface area contributed by atoms with E-state index < -0.39 is 0 Å². The van der Waals surface area contributed by atoms with Crippen molar-refractivity contribution in [1.82, 2.24) is 4.90 Å². The fraction of sp³-hybridized carbons (Fsp3) is 0.500. The second-order valence-electron chi connectivity index (χ2n) is 4.45. The molecule has 0 aliphatic carbocycles. The number of rotatable bonds is 7. The molecular weight excluding hydrogens is 228 g/mol. The number of hydrogen-bond donors (Lipinski definition) is 1. The molecule has 0 saturated carbocycles. The molecule has 0 aromatic heterocycles. The minimum absolute atomic E-state index is 0.256. The third-order valence-electron chi connectivity index (χ3n) is 2.42. The van der Waals surface area contributed by atoms with Gasteiger partial charge < -0.3 is 15.0 Å². The van der Waals surface area contributed by atoms with E-state index in [1.54, 1.807) is 6.07 Å². The van der Waals surface area contributed by atoms with Crippen LogP contribution in [0.4, 0.5) is 5.69 Å². The van der Waals surface area contributed by atoms with Crippen molar-refractivity contribution >= 4 is 11.7 Å². The normalized spacial score (nSPS) is 10.4. The molecule has 0 fully saturated rings. The highest BCUT2D eigenvalue weighted by Gasteiger charge is 2.06. The predicted molar refractivity (Wildman–Crippen MR) is 74.1 cm³/mol. The number of nitrogens with zero attached hydrogens (tertiary/aromatic N) is 1. The molecule has 4 heteroatoms. The van der Waals surface area contributed by atoms with E-state index in [-0.39, 0.29) is 5.97 Å². The van der Waals surface area contributed by atoms with Crippen LogP contribution in [-0.2, 0) is 4.74 Å². The van der Waals surface area contributed by atoms with Crippen molar-refractivity contribution in [3.63, 3.8) is 0 Å². The molecule has 0 aliphatic heterocycles. The van der Waals surface area contributed by atoms with E-state index in [2.05, 4.69) is 10.2 Å². The lowest BCUT2D eigenvalue weighted by molar-refractivity contribution is 0.0505. The quantitative estimate of drug-likeness (QED) is 0.753. The van der Waals surface area contributed by atoms with E-state index in [0.717, 1.165) is 25.2 Å². The monoisotopic (exact) mass is 250 g/mol. The molecule has 0 heterocycles. The molecule has 0 aliphatic rings. The lowest BCUT2D eigenvalue weighted by atomic mass is 10.2. The summed E-state index contributed by atoms with van der Waals surface area (Å²) in [6.45, 7) is 4.24. The van der Waals surface area contributed by atoms with E-state index in [9.17, 15) is 4.79 Å². The zero-order valence-corrected chi connectivity index (χ0v) is 11.4. The molecule has 0 amide bonds. The Hall–Kier alpha value is -1.55. The van der Waals surface area contributed by atoms with Crippen LogP contribution in [0.1, 0.15) is 23.7 Å². The van der Waals surface area contributed by atoms with Crippen molar-refractivity contribution < 1.29 is 9.53 Å². The maximum absolute atomic E-state index is 11.7. The molecular formula is C14H22N2O2. The third kappa shape index (κ3) is 5.19. The molecule has 1 aromatic carbocycles. The van der Waals surface area contributed by atoms with Gasteiger partial charge in [0.25, 0.3) is 0 Å². The van der Waals surface area contributed by atoms with Gasteiger partial charge in [-0.1, -0.05) is 13.0 Å². The molecule has 0 spiro atoms. The second-order valence-corrected chi connectivity index (χ2v) is 4.45. The van der Waals surface area contributed by atoms with Gasteiger partial charge in [0.1, 0.15) is 0 Å². The largest absolute Gasteiger partial charge is 0.462 e. The lowest BCUT2D eigenvalue weighted by Crippen LogP contribution is -2.20. The fourth-order valence-corrected chi connectivity index (χ4v) is 1.46. The first-order valence-corrected chi connectivity index (χ1v) is 6.29. The Labute approximate surface area is 109 Å². The zero-order valence-electron chi connectivity index (χ0n) is 11.4. The summed E-state index contributed by atoms with van der Waals surface area (Å²) in [4.78, 5) is 13.8. The number of hydrogen-bond acceptors (Lipinski definition) is 4. The summed E-state index contributed by atoms with van der Waals surface area (Å²) in [5, 5.41) is 3.28. The number of carbonyl (C=O) groups excluding carboxylic acids is 1. The molecule has 0 unspecified atom stereocenters. The Morgan fingerprint density at radius 3 is 2.83 bits per heavy atom. The van der Waals surface area contributed by atoms with Crippen LogP contribution in [0.2, 0.25) is 0 Å². The van der Waals surface area contributed by atoms with E-state index in [1.165, 1.54) is 0 Å². The van der Waals surface area contributed by atoms with Gasteiger partial charge in [-0.2, -0.15) is 0 Å². The molecule has 0 saturated heterocycles. The Bertz CT molecular complexity index is 378. The molecule has 0 bridgehead atoms. The maximum Gasteiger partial charge on any atom is 0.338 e. The number of anilines is 1. The topological polar surface area (TPSA) is 41.6 Å². The first-order valence-electron chi connectivity index (χ1n) is 6.29. The molecule has 18 heavy (non-hydrogen) atoms. The number of esters is 1. The van der Waals surface area contributed by atoms with E-state index >= 15 is 0 Å². The third-order valence-corrected chi connectivity index (χ3v) is 2.42. The molecule has 100 valence electrons. The molecule has 4 nitrogen and oxygen atoms in total. The highest BCUT2D eigenvalue weighted by Crippen LogP contribution is 2.11. The highest BCUT2D eigenvalue weighted by atomic mass is 16.5. The van der Waals surface area contributed by atoms with Crippen molar-refractivity contribution in [1.29, 1.82) is 0 Å². The summed E-state index contributed by atoms with van der Waals surface area (Å²) in [5.74, 6) is -0.256. The van der Waals surface area contributed by atoms with Crippen molar-refractivity contribution in [2.45, 2.75) is 13.3 Å². The standard InChI is InChI=1S/C14H22N2O2/c1-4-10-18-14(17)12-6-5-7-13(11-12)15-8-9-16(2)3/h5-7,11,15H,4,8-10H2,1-3H3. The van der Waals surface area contributed by atoms with E-state index in [0.29, 0.717) is 12.2 Å². The van der Waals surface area contributed by atoms with Gasteiger partial charge in [0.15, 0.2) is 0 Å². The molecule has 0 atom stereocenters. The number of carbonyl (C=O) groups is 1. The minimum Gasteiger partial charge on any atom is -0.462 e. The number of ether oxygens (including phenoxy) is 1. The molecule has 1 aromatic rings. The Kier molecular flexibility index (Phi) is 6.22. The van der Waals surface area contributed by atoms with E-state index in [4.69, 9.17) is 4.74 Å². The first kappa shape index (κ1) is 14.5. The predicted octanol–water partition coefficient (Wildman–Crippen LogP) is 2.23. The van der Waals surface area contributed by atoms with Gasteiger partial charge in [-0.3, -0.25) is 0 Å².